The zero-order chi connectivity index (χ0) is 21.0. The molecule has 2 aromatic rings. The van der Waals surface area contributed by atoms with Crippen LogP contribution in [0.4, 0.5) is 0 Å². The fourth-order valence-corrected chi connectivity index (χ4v) is 4.81. The molecule has 1 aromatic carbocycles. The summed E-state index contributed by atoms with van der Waals surface area (Å²) in [4.78, 5) is 16.6. The van der Waals surface area contributed by atoms with Gasteiger partial charge in [0.25, 0.3) is 5.91 Å². The number of rotatable bonds is 8. The third kappa shape index (κ3) is 5.00. The van der Waals surface area contributed by atoms with E-state index in [1.807, 2.05) is 41.0 Å². The van der Waals surface area contributed by atoms with E-state index in [0.717, 1.165) is 22.9 Å². The lowest BCUT2D eigenvalue weighted by Crippen LogP contribution is -2.25. The van der Waals surface area contributed by atoms with Crippen LogP contribution in [0.15, 0.2) is 57.8 Å². The van der Waals surface area contributed by atoms with Crippen molar-refractivity contribution in [1.82, 2.24) is 9.55 Å². The number of allylic oxidation sites excluding steroid dienone is 4. The SMILES string of the molecule is CCC(C1C=CC(Cl)=C(Cl)C1)n1c(C(N)=O)cnc1SCc1ccc(OC)cc1. The number of aromatic nitrogens is 2. The molecule has 3 rings (SSSR count). The summed E-state index contributed by atoms with van der Waals surface area (Å²) in [6.07, 6.45) is 6.84. The number of nitrogens with two attached hydrogens (primary N) is 1. The molecule has 1 amide bonds. The van der Waals surface area contributed by atoms with Crippen molar-refractivity contribution in [1.29, 1.82) is 0 Å². The number of primary amides is 1. The molecule has 0 radical (unpaired) electrons. The molecule has 29 heavy (non-hydrogen) atoms. The monoisotopic (exact) mass is 451 g/mol. The molecular formula is C21H23Cl2N3O2S. The molecule has 0 aliphatic heterocycles. The molecule has 0 fully saturated rings. The van der Waals surface area contributed by atoms with Gasteiger partial charge in [0.1, 0.15) is 11.4 Å². The summed E-state index contributed by atoms with van der Waals surface area (Å²) in [6, 6.07) is 7.88. The quantitative estimate of drug-likeness (QED) is 0.537. The van der Waals surface area contributed by atoms with E-state index >= 15 is 0 Å². The third-order valence-corrected chi connectivity index (χ3v) is 6.80. The van der Waals surface area contributed by atoms with E-state index in [0.29, 0.717) is 27.9 Å². The molecule has 1 aromatic heterocycles. The number of hydrogen-bond donors (Lipinski definition) is 1. The number of benzene rings is 1. The molecule has 0 bridgehead atoms. The van der Waals surface area contributed by atoms with Gasteiger partial charge in [-0.3, -0.25) is 4.79 Å². The zero-order valence-electron chi connectivity index (χ0n) is 16.3. The third-order valence-electron chi connectivity index (χ3n) is 4.95. The number of imidazole rings is 1. The molecule has 154 valence electrons. The fraction of sp³-hybridized carbons (Fsp3) is 0.333. The first-order valence-electron chi connectivity index (χ1n) is 9.29. The van der Waals surface area contributed by atoms with Crippen molar-refractivity contribution in [2.75, 3.05) is 7.11 Å². The van der Waals surface area contributed by atoms with Crippen molar-refractivity contribution in [2.24, 2.45) is 11.7 Å². The van der Waals surface area contributed by atoms with Crippen LogP contribution < -0.4 is 10.5 Å². The summed E-state index contributed by atoms with van der Waals surface area (Å²) in [5.74, 6) is 1.13. The highest BCUT2D eigenvalue weighted by molar-refractivity contribution is 7.98. The van der Waals surface area contributed by atoms with Crippen LogP contribution in [-0.4, -0.2) is 22.6 Å². The van der Waals surface area contributed by atoms with Crippen molar-refractivity contribution < 1.29 is 9.53 Å². The molecular weight excluding hydrogens is 429 g/mol. The molecule has 1 aliphatic carbocycles. The molecule has 2 unspecified atom stereocenters. The van der Waals surface area contributed by atoms with Gasteiger partial charge in [-0.15, -0.1) is 0 Å². The Morgan fingerprint density at radius 2 is 2.10 bits per heavy atom. The van der Waals surface area contributed by atoms with Gasteiger partial charge < -0.3 is 15.0 Å². The van der Waals surface area contributed by atoms with Gasteiger partial charge in [0.2, 0.25) is 0 Å². The highest BCUT2D eigenvalue weighted by Gasteiger charge is 2.28. The maximum atomic E-state index is 12.1. The van der Waals surface area contributed by atoms with Crippen molar-refractivity contribution >= 4 is 40.9 Å². The van der Waals surface area contributed by atoms with Crippen LogP contribution in [0.2, 0.25) is 0 Å². The number of ether oxygens (including phenoxy) is 1. The predicted molar refractivity (Wildman–Crippen MR) is 119 cm³/mol. The smallest absolute Gasteiger partial charge is 0.267 e. The van der Waals surface area contributed by atoms with Crippen LogP contribution in [-0.2, 0) is 5.75 Å². The van der Waals surface area contributed by atoms with Crippen LogP contribution >= 0.6 is 35.0 Å². The number of hydrogen-bond acceptors (Lipinski definition) is 4. The second kappa shape index (κ2) is 9.74. The number of thioether (sulfide) groups is 1. The Hall–Kier alpha value is -1.89. The molecule has 5 nitrogen and oxygen atoms in total. The lowest BCUT2D eigenvalue weighted by Gasteiger charge is -2.29. The van der Waals surface area contributed by atoms with Crippen LogP contribution in [0.5, 0.6) is 5.75 Å². The normalized spacial score (nSPS) is 17.4. The van der Waals surface area contributed by atoms with E-state index < -0.39 is 5.91 Å². The summed E-state index contributed by atoms with van der Waals surface area (Å²) in [6.45, 7) is 2.08. The van der Waals surface area contributed by atoms with E-state index in [1.165, 1.54) is 0 Å². The minimum atomic E-state index is -0.494. The average Bonchev–Trinajstić information content (AvgIpc) is 3.14. The molecule has 2 atom stereocenters. The Morgan fingerprint density at radius 1 is 1.38 bits per heavy atom. The highest BCUT2D eigenvalue weighted by Crippen LogP contribution is 2.39. The van der Waals surface area contributed by atoms with Gasteiger partial charge in [0.15, 0.2) is 5.16 Å². The summed E-state index contributed by atoms with van der Waals surface area (Å²) in [5.41, 5.74) is 7.18. The second-order valence-electron chi connectivity index (χ2n) is 6.75. The van der Waals surface area contributed by atoms with Gasteiger partial charge in [-0.2, -0.15) is 0 Å². The maximum absolute atomic E-state index is 12.1. The maximum Gasteiger partial charge on any atom is 0.267 e. The topological polar surface area (TPSA) is 70.1 Å². The first kappa shape index (κ1) is 21.8. The number of methoxy groups -OCH3 is 1. The number of halogens is 2. The summed E-state index contributed by atoms with van der Waals surface area (Å²) in [7, 11) is 1.64. The minimum absolute atomic E-state index is 0.00636. The van der Waals surface area contributed by atoms with Crippen LogP contribution in [0.1, 0.15) is 41.9 Å². The van der Waals surface area contributed by atoms with Crippen LogP contribution in [0, 0.1) is 5.92 Å². The molecule has 0 spiro atoms. The molecule has 0 saturated carbocycles. The average molecular weight is 452 g/mol. The van der Waals surface area contributed by atoms with Gasteiger partial charge in [-0.05, 0) is 36.6 Å². The van der Waals surface area contributed by atoms with Gasteiger partial charge in [0, 0.05) is 22.7 Å². The van der Waals surface area contributed by atoms with E-state index in [1.54, 1.807) is 25.1 Å². The number of carbonyl (C=O) groups excluding carboxylic acids is 1. The van der Waals surface area contributed by atoms with Gasteiger partial charge in [0.05, 0.1) is 18.3 Å². The standard InChI is InChI=1S/C21H23Cl2N3O2S/c1-3-18(14-6-9-16(22)17(23)10-14)26-19(20(24)27)11-25-21(26)29-12-13-4-7-15(28-2)8-5-13/h4-9,11,14,18H,3,10,12H2,1-2H3,(H2,24,27). The highest BCUT2D eigenvalue weighted by atomic mass is 35.5. The van der Waals surface area contributed by atoms with Crippen LogP contribution in [0.25, 0.3) is 0 Å². The van der Waals surface area contributed by atoms with Gasteiger partial charge in [-0.1, -0.05) is 60.1 Å². The van der Waals surface area contributed by atoms with E-state index in [-0.39, 0.29) is 12.0 Å². The predicted octanol–water partition coefficient (Wildman–Crippen LogP) is 5.50. The summed E-state index contributed by atoms with van der Waals surface area (Å²) >= 11 is 14.0. The Balaban J connectivity index is 1.87. The summed E-state index contributed by atoms with van der Waals surface area (Å²) < 4.78 is 7.16. The summed E-state index contributed by atoms with van der Waals surface area (Å²) in [5, 5.41) is 1.95. The van der Waals surface area contributed by atoms with Crippen molar-refractivity contribution in [2.45, 2.75) is 36.7 Å². The van der Waals surface area contributed by atoms with E-state index in [9.17, 15) is 4.79 Å². The Bertz CT molecular complexity index is 938. The Labute approximate surface area is 184 Å². The molecule has 0 saturated heterocycles. The Kier molecular flexibility index (Phi) is 7.33. The van der Waals surface area contributed by atoms with Crippen LogP contribution in [0.3, 0.4) is 0 Å². The van der Waals surface area contributed by atoms with Crippen molar-refractivity contribution in [3.8, 4) is 5.75 Å². The second-order valence-corrected chi connectivity index (χ2v) is 8.56. The lowest BCUT2D eigenvalue weighted by atomic mass is 9.90. The Morgan fingerprint density at radius 3 is 2.69 bits per heavy atom. The largest absolute Gasteiger partial charge is 0.497 e. The number of amides is 1. The zero-order valence-corrected chi connectivity index (χ0v) is 18.6. The number of carbonyl (C=O) groups is 1. The van der Waals surface area contributed by atoms with Crippen molar-refractivity contribution in [3.63, 3.8) is 0 Å². The van der Waals surface area contributed by atoms with Gasteiger partial charge in [-0.25, -0.2) is 4.98 Å². The lowest BCUT2D eigenvalue weighted by molar-refractivity contribution is 0.0986. The molecule has 2 N–H and O–H groups in total. The number of nitrogens with zero attached hydrogens (tertiary/aromatic N) is 2. The molecule has 1 aliphatic rings. The first-order chi connectivity index (χ1) is 13.9. The van der Waals surface area contributed by atoms with Gasteiger partial charge >= 0.3 is 0 Å². The van der Waals surface area contributed by atoms with E-state index in [2.05, 4.69) is 11.9 Å². The first-order valence-corrected chi connectivity index (χ1v) is 11.0. The van der Waals surface area contributed by atoms with Crippen molar-refractivity contribution in [3.05, 3.63) is 63.9 Å². The molecule has 8 heteroatoms. The minimum Gasteiger partial charge on any atom is -0.497 e. The van der Waals surface area contributed by atoms with E-state index in [4.69, 9.17) is 33.7 Å². The fourth-order valence-electron chi connectivity index (χ4n) is 3.44. The molecule has 1 heterocycles.